The maximum atomic E-state index is 12.7. The van der Waals surface area contributed by atoms with Gasteiger partial charge < -0.3 is 4.98 Å². The lowest BCUT2D eigenvalue weighted by Gasteiger charge is -2.09. The van der Waals surface area contributed by atoms with Crippen LogP contribution in [0, 0.1) is 0 Å². The molecule has 0 saturated carbocycles. The highest BCUT2D eigenvalue weighted by molar-refractivity contribution is 7.89. The van der Waals surface area contributed by atoms with Crippen LogP contribution in [-0.4, -0.2) is 19.9 Å². The van der Waals surface area contributed by atoms with Crippen molar-refractivity contribution in [1.29, 1.82) is 0 Å². The van der Waals surface area contributed by atoms with Crippen molar-refractivity contribution in [2.75, 3.05) is 6.54 Å². The van der Waals surface area contributed by atoms with E-state index in [1.807, 2.05) is 30.5 Å². The lowest BCUT2D eigenvalue weighted by atomic mass is 10.0. The van der Waals surface area contributed by atoms with Crippen LogP contribution in [0.15, 0.2) is 83.9 Å². The molecule has 0 aliphatic carbocycles. The second kappa shape index (κ2) is 8.20. The first kappa shape index (κ1) is 21.1. The second-order valence-electron chi connectivity index (χ2n) is 7.11. The van der Waals surface area contributed by atoms with Gasteiger partial charge in [-0.05, 0) is 53.4 Å². The third-order valence-electron chi connectivity index (χ3n) is 5.07. The lowest BCUT2D eigenvalue weighted by molar-refractivity contribution is -0.137. The van der Waals surface area contributed by atoms with Gasteiger partial charge in [-0.3, -0.25) is 0 Å². The van der Waals surface area contributed by atoms with E-state index in [1.54, 1.807) is 12.1 Å². The molecule has 8 heteroatoms. The molecule has 0 unspecified atom stereocenters. The van der Waals surface area contributed by atoms with Crippen molar-refractivity contribution in [3.8, 4) is 11.1 Å². The predicted octanol–water partition coefficient (Wildman–Crippen LogP) is 5.37. The average molecular weight is 444 g/mol. The highest BCUT2D eigenvalue weighted by Gasteiger charge is 2.30. The Labute approximate surface area is 177 Å². The molecule has 4 aromatic rings. The number of alkyl halides is 3. The van der Waals surface area contributed by atoms with Gasteiger partial charge in [0.15, 0.2) is 0 Å². The number of H-pyrrole nitrogens is 1. The van der Waals surface area contributed by atoms with E-state index >= 15 is 0 Å². The van der Waals surface area contributed by atoms with Crippen LogP contribution in [0.25, 0.3) is 22.0 Å². The minimum atomic E-state index is -4.39. The Hall–Kier alpha value is -3.10. The summed E-state index contributed by atoms with van der Waals surface area (Å²) in [5.74, 6) is 0. The summed E-state index contributed by atoms with van der Waals surface area (Å²) in [4.78, 5) is 3.26. The fourth-order valence-corrected chi connectivity index (χ4v) is 4.45. The monoisotopic (exact) mass is 444 g/mol. The van der Waals surface area contributed by atoms with Gasteiger partial charge in [-0.2, -0.15) is 13.2 Å². The van der Waals surface area contributed by atoms with Crippen molar-refractivity contribution < 1.29 is 21.6 Å². The standard InChI is InChI=1S/C23H19F3N2O2S/c24-23(25,26)19-9-5-16(6-10-19)17-7-11-20(12-8-17)31(29,30)28-14-13-18-15-27-22-4-2-1-3-21(18)22/h1-12,15,27-28H,13-14H2. The minimum Gasteiger partial charge on any atom is -0.361 e. The molecule has 4 rings (SSSR count). The Kier molecular flexibility index (Phi) is 5.60. The second-order valence-corrected chi connectivity index (χ2v) is 8.87. The van der Waals surface area contributed by atoms with Crippen LogP contribution in [0.3, 0.4) is 0 Å². The van der Waals surface area contributed by atoms with E-state index in [0.717, 1.165) is 28.6 Å². The number of para-hydroxylation sites is 1. The number of hydrogen-bond donors (Lipinski definition) is 2. The summed E-state index contributed by atoms with van der Waals surface area (Å²) in [5, 5.41) is 1.06. The molecule has 31 heavy (non-hydrogen) atoms. The molecule has 0 aliphatic rings. The van der Waals surface area contributed by atoms with Crippen molar-refractivity contribution in [2.45, 2.75) is 17.5 Å². The van der Waals surface area contributed by atoms with E-state index in [9.17, 15) is 21.6 Å². The van der Waals surface area contributed by atoms with Crippen LogP contribution in [0.5, 0.6) is 0 Å². The Morgan fingerprint density at radius 1 is 0.839 bits per heavy atom. The molecular formula is C23H19F3N2O2S. The van der Waals surface area contributed by atoms with Gasteiger partial charge in [0.2, 0.25) is 10.0 Å². The van der Waals surface area contributed by atoms with Crippen molar-refractivity contribution in [3.63, 3.8) is 0 Å². The van der Waals surface area contributed by atoms with Gasteiger partial charge in [0.25, 0.3) is 0 Å². The molecule has 0 amide bonds. The molecule has 160 valence electrons. The van der Waals surface area contributed by atoms with E-state index in [1.165, 1.54) is 24.3 Å². The molecule has 0 saturated heterocycles. The van der Waals surface area contributed by atoms with Gasteiger partial charge in [0.05, 0.1) is 10.5 Å². The van der Waals surface area contributed by atoms with Crippen molar-refractivity contribution in [2.24, 2.45) is 0 Å². The molecule has 1 aromatic heterocycles. The summed E-state index contributed by atoms with van der Waals surface area (Å²) < 4.78 is 65.9. The molecular weight excluding hydrogens is 425 g/mol. The van der Waals surface area contributed by atoms with Gasteiger partial charge in [0.1, 0.15) is 0 Å². The summed E-state index contributed by atoms with van der Waals surface area (Å²) >= 11 is 0. The molecule has 0 radical (unpaired) electrons. The Morgan fingerprint density at radius 3 is 2.10 bits per heavy atom. The van der Waals surface area contributed by atoms with Gasteiger partial charge in [0, 0.05) is 23.6 Å². The topological polar surface area (TPSA) is 62.0 Å². The molecule has 2 N–H and O–H groups in total. The van der Waals surface area contributed by atoms with Crippen molar-refractivity contribution in [3.05, 3.63) is 90.1 Å². The third kappa shape index (κ3) is 4.65. The van der Waals surface area contributed by atoms with Crippen LogP contribution in [0.1, 0.15) is 11.1 Å². The normalized spacial score (nSPS) is 12.4. The van der Waals surface area contributed by atoms with Crippen LogP contribution in [-0.2, 0) is 22.6 Å². The van der Waals surface area contributed by atoms with Gasteiger partial charge in [-0.1, -0.05) is 42.5 Å². The maximum absolute atomic E-state index is 12.7. The van der Waals surface area contributed by atoms with E-state index in [4.69, 9.17) is 0 Å². The zero-order chi connectivity index (χ0) is 22.1. The summed E-state index contributed by atoms with van der Waals surface area (Å²) in [6.45, 7) is 0.241. The van der Waals surface area contributed by atoms with Crippen LogP contribution in [0.2, 0.25) is 0 Å². The predicted molar refractivity (Wildman–Crippen MR) is 114 cm³/mol. The molecule has 1 heterocycles. The smallest absolute Gasteiger partial charge is 0.361 e. The van der Waals surface area contributed by atoms with Gasteiger partial charge in [-0.25, -0.2) is 13.1 Å². The zero-order valence-corrected chi connectivity index (χ0v) is 17.1. The highest BCUT2D eigenvalue weighted by Crippen LogP contribution is 2.31. The van der Waals surface area contributed by atoms with Crippen LogP contribution < -0.4 is 4.72 Å². The first-order valence-electron chi connectivity index (χ1n) is 9.56. The molecule has 0 bridgehead atoms. The lowest BCUT2D eigenvalue weighted by Crippen LogP contribution is -2.25. The van der Waals surface area contributed by atoms with Gasteiger partial charge >= 0.3 is 6.18 Å². The van der Waals surface area contributed by atoms with Crippen LogP contribution in [0.4, 0.5) is 13.2 Å². The Bertz CT molecular complexity index is 1290. The Morgan fingerprint density at radius 2 is 1.45 bits per heavy atom. The SMILES string of the molecule is O=S(=O)(NCCc1c[nH]c2ccccc12)c1ccc(-c2ccc(C(F)(F)F)cc2)cc1. The number of fused-ring (bicyclic) bond motifs is 1. The first-order chi connectivity index (χ1) is 14.7. The molecule has 0 spiro atoms. The fraction of sp³-hybridized carbons (Fsp3) is 0.130. The summed E-state index contributed by atoms with van der Waals surface area (Å²) in [5.41, 5.74) is 2.50. The van der Waals surface area contributed by atoms with Crippen molar-refractivity contribution >= 4 is 20.9 Å². The summed E-state index contributed by atoms with van der Waals surface area (Å²) in [6.07, 6.45) is -1.99. The third-order valence-corrected chi connectivity index (χ3v) is 6.55. The number of nitrogens with one attached hydrogen (secondary N) is 2. The van der Waals surface area contributed by atoms with Crippen molar-refractivity contribution in [1.82, 2.24) is 9.71 Å². The number of rotatable bonds is 6. The zero-order valence-electron chi connectivity index (χ0n) is 16.3. The van der Waals surface area contributed by atoms with Crippen LogP contribution >= 0.6 is 0 Å². The molecule has 0 aliphatic heterocycles. The quantitative estimate of drug-likeness (QED) is 0.420. The average Bonchev–Trinajstić information content (AvgIpc) is 3.16. The highest BCUT2D eigenvalue weighted by atomic mass is 32.2. The molecule has 4 nitrogen and oxygen atoms in total. The van der Waals surface area contributed by atoms with E-state index in [2.05, 4.69) is 9.71 Å². The first-order valence-corrected chi connectivity index (χ1v) is 11.0. The van der Waals surface area contributed by atoms with E-state index in [0.29, 0.717) is 17.5 Å². The number of aromatic amines is 1. The molecule has 0 atom stereocenters. The van der Waals surface area contributed by atoms with E-state index in [-0.39, 0.29) is 11.4 Å². The largest absolute Gasteiger partial charge is 0.416 e. The Balaban J connectivity index is 1.42. The number of halogens is 3. The van der Waals surface area contributed by atoms with E-state index < -0.39 is 21.8 Å². The summed E-state index contributed by atoms with van der Waals surface area (Å²) in [7, 11) is -3.70. The molecule has 0 fully saturated rings. The molecule has 3 aromatic carbocycles. The fourth-order valence-electron chi connectivity index (χ4n) is 3.42. The number of aromatic nitrogens is 1. The van der Waals surface area contributed by atoms with Gasteiger partial charge in [-0.15, -0.1) is 0 Å². The summed E-state index contributed by atoms with van der Waals surface area (Å²) in [6, 6.07) is 18.6. The maximum Gasteiger partial charge on any atom is 0.416 e. The number of benzene rings is 3. The minimum absolute atomic E-state index is 0.0992. The number of sulfonamides is 1. The number of hydrogen-bond acceptors (Lipinski definition) is 2.